The van der Waals surface area contributed by atoms with Gasteiger partial charge in [0.05, 0.1) is 10.6 Å². The van der Waals surface area contributed by atoms with Gasteiger partial charge in [0.15, 0.2) is 12.5 Å². The van der Waals surface area contributed by atoms with Crippen molar-refractivity contribution in [3.63, 3.8) is 0 Å². The molecule has 2 fully saturated rings. The first-order valence-electron chi connectivity index (χ1n) is 14.3. The maximum absolute atomic E-state index is 13.3. The smallest absolute Gasteiger partial charge is 0.416 e. The Bertz CT molecular complexity index is 1710. The van der Waals surface area contributed by atoms with Crippen molar-refractivity contribution in [2.24, 2.45) is 9.98 Å². The van der Waals surface area contributed by atoms with Crippen LogP contribution in [0.25, 0.3) is 10.9 Å². The molecule has 1 saturated carbocycles. The molecule has 0 amide bonds. The summed E-state index contributed by atoms with van der Waals surface area (Å²) in [6.07, 6.45) is -0.339. The lowest BCUT2D eigenvalue weighted by molar-refractivity contribution is -0.137. The third kappa shape index (κ3) is 6.70. The lowest BCUT2D eigenvalue weighted by Gasteiger charge is -2.37. The van der Waals surface area contributed by atoms with Gasteiger partial charge in [-0.1, -0.05) is 17.7 Å². The van der Waals surface area contributed by atoms with E-state index in [0.29, 0.717) is 66.0 Å². The van der Waals surface area contributed by atoms with E-state index < -0.39 is 11.7 Å². The molecule has 0 atom stereocenters. The molecule has 44 heavy (non-hydrogen) atoms. The van der Waals surface area contributed by atoms with Crippen molar-refractivity contribution in [1.29, 1.82) is 0 Å². The summed E-state index contributed by atoms with van der Waals surface area (Å²) in [5.41, 5.74) is 2.85. The van der Waals surface area contributed by atoms with E-state index in [0.717, 1.165) is 41.2 Å². The molecule has 0 spiro atoms. The monoisotopic (exact) mass is 624 g/mol. The highest BCUT2D eigenvalue weighted by Crippen LogP contribution is 2.39. The summed E-state index contributed by atoms with van der Waals surface area (Å²) in [7, 11) is 0. The molecule has 3 N–H and O–H groups in total. The first kappa shape index (κ1) is 29.6. The maximum atomic E-state index is 13.3. The Morgan fingerprint density at radius 3 is 2.68 bits per heavy atom. The average Bonchev–Trinajstić information content (AvgIpc) is 3.64. The van der Waals surface area contributed by atoms with Gasteiger partial charge in [0.2, 0.25) is 0 Å². The molecule has 1 aliphatic heterocycles. The number of rotatable bonds is 9. The minimum Gasteiger partial charge on any atom is -0.470 e. The number of aromatic amines is 2. The van der Waals surface area contributed by atoms with Crippen LogP contribution in [0.2, 0.25) is 5.02 Å². The van der Waals surface area contributed by atoms with Crippen molar-refractivity contribution in [3.8, 4) is 5.75 Å². The standard InChI is InChI=1S/C31H32ClF3N8O/c1-19-14-23-24(38-19)8-9-26(30(23)32)44-18-37-29(17-27(36-2)39-28-16-25(40-41-28)20-6-7-20)43-12-10-42(11-13-43)22-5-3-4-21(15-22)31(33,34)35/h3-5,8-9,14-17,20,38H,2,6-7,10-13,18H2,1H3,(H2,39,40,41)/b27-17+,37-29+. The molecule has 0 radical (unpaired) electrons. The highest BCUT2D eigenvalue weighted by molar-refractivity contribution is 6.37. The van der Waals surface area contributed by atoms with Crippen LogP contribution in [0.15, 0.2) is 70.4 Å². The second kappa shape index (κ2) is 12.3. The highest BCUT2D eigenvalue weighted by atomic mass is 35.5. The number of hydrogen-bond donors (Lipinski definition) is 3. The number of nitrogens with one attached hydrogen (secondary N) is 3. The Labute approximate surface area is 257 Å². The van der Waals surface area contributed by atoms with E-state index in [9.17, 15) is 13.2 Å². The van der Waals surface area contributed by atoms with Crippen LogP contribution in [0.5, 0.6) is 5.75 Å². The molecule has 6 rings (SSSR count). The number of hydrogen-bond acceptors (Lipinski definition) is 6. The lowest BCUT2D eigenvalue weighted by Crippen LogP contribution is -2.48. The molecular formula is C31H32ClF3N8O. The van der Waals surface area contributed by atoms with Crippen molar-refractivity contribution in [2.45, 2.75) is 31.9 Å². The number of ether oxygens (including phenoxy) is 1. The van der Waals surface area contributed by atoms with Crippen LogP contribution in [-0.2, 0) is 6.18 Å². The van der Waals surface area contributed by atoms with Gasteiger partial charge >= 0.3 is 6.18 Å². The number of nitrogens with zero attached hydrogens (tertiary/aromatic N) is 5. The van der Waals surface area contributed by atoms with Crippen LogP contribution < -0.4 is 15.0 Å². The van der Waals surface area contributed by atoms with E-state index in [1.165, 1.54) is 12.1 Å². The van der Waals surface area contributed by atoms with E-state index in [2.05, 4.69) is 32.2 Å². The second-order valence-electron chi connectivity index (χ2n) is 10.9. The average molecular weight is 625 g/mol. The Balaban J connectivity index is 1.21. The van der Waals surface area contributed by atoms with Crippen LogP contribution in [0.3, 0.4) is 0 Å². The zero-order chi connectivity index (χ0) is 30.8. The van der Waals surface area contributed by atoms with Crippen LogP contribution in [0.4, 0.5) is 24.7 Å². The molecule has 1 saturated heterocycles. The quantitative estimate of drug-likeness (QED) is 0.138. The van der Waals surface area contributed by atoms with Crippen LogP contribution in [-0.4, -0.2) is 65.5 Å². The van der Waals surface area contributed by atoms with E-state index in [4.69, 9.17) is 21.3 Å². The summed E-state index contributed by atoms with van der Waals surface area (Å²) < 4.78 is 45.9. The van der Waals surface area contributed by atoms with Crippen molar-refractivity contribution < 1.29 is 17.9 Å². The fraction of sp³-hybridized carbons (Fsp3) is 0.323. The van der Waals surface area contributed by atoms with Crippen LogP contribution in [0, 0.1) is 6.92 Å². The molecule has 13 heteroatoms. The molecule has 230 valence electrons. The summed E-state index contributed by atoms with van der Waals surface area (Å²) in [5.74, 6) is 2.67. The first-order chi connectivity index (χ1) is 21.2. The molecule has 1 aliphatic carbocycles. The summed E-state index contributed by atoms with van der Waals surface area (Å²) in [5, 5.41) is 12.0. The molecule has 3 heterocycles. The van der Waals surface area contributed by atoms with E-state index in [-0.39, 0.29) is 6.73 Å². The number of H-pyrrole nitrogens is 2. The van der Waals surface area contributed by atoms with Crippen molar-refractivity contribution in [1.82, 2.24) is 20.1 Å². The molecule has 9 nitrogen and oxygen atoms in total. The molecule has 2 aromatic carbocycles. The lowest BCUT2D eigenvalue weighted by atomic mass is 10.1. The second-order valence-corrected chi connectivity index (χ2v) is 11.3. The zero-order valence-electron chi connectivity index (χ0n) is 24.1. The Morgan fingerprint density at radius 2 is 1.95 bits per heavy atom. The Hall–Kier alpha value is -4.45. The maximum Gasteiger partial charge on any atom is 0.416 e. The summed E-state index contributed by atoms with van der Waals surface area (Å²) in [6.45, 7) is 7.68. The van der Waals surface area contributed by atoms with E-state index in [1.54, 1.807) is 18.2 Å². The van der Waals surface area contributed by atoms with Gasteiger partial charge in [-0.05, 0) is 62.9 Å². The normalized spacial score (nSPS) is 16.5. The number of aliphatic imine (C=N–C) groups is 2. The van der Waals surface area contributed by atoms with Crippen LogP contribution >= 0.6 is 11.6 Å². The minimum absolute atomic E-state index is 0.0209. The fourth-order valence-corrected chi connectivity index (χ4v) is 5.53. The van der Waals surface area contributed by atoms with Gasteiger partial charge in [-0.15, -0.1) is 0 Å². The van der Waals surface area contributed by atoms with Crippen LogP contribution in [0.1, 0.15) is 35.7 Å². The number of halogens is 4. The molecular weight excluding hydrogens is 593 g/mol. The van der Waals surface area contributed by atoms with Crippen molar-refractivity contribution in [2.75, 3.05) is 43.1 Å². The number of aryl methyl sites for hydroxylation is 1. The third-order valence-corrected chi connectivity index (χ3v) is 8.12. The predicted molar refractivity (Wildman–Crippen MR) is 168 cm³/mol. The number of amidine groups is 1. The predicted octanol–water partition coefficient (Wildman–Crippen LogP) is 6.96. The number of anilines is 2. The van der Waals surface area contributed by atoms with Gasteiger partial charge < -0.3 is 24.8 Å². The number of fused-ring (bicyclic) bond motifs is 1. The Morgan fingerprint density at radius 1 is 1.16 bits per heavy atom. The minimum atomic E-state index is -4.40. The highest BCUT2D eigenvalue weighted by Gasteiger charge is 2.31. The zero-order valence-corrected chi connectivity index (χ0v) is 24.8. The number of piperazine rings is 1. The molecule has 0 bridgehead atoms. The topological polar surface area (TPSA) is 96.9 Å². The van der Waals surface area contributed by atoms with Gasteiger partial charge in [0.1, 0.15) is 17.4 Å². The van der Waals surface area contributed by atoms with Crippen molar-refractivity contribution >= 4 is 46.6 Å². The number of aromatic nitrogens is 3. The van der Waals surface area contributed by atoms with Gasteiger partial charge in [-0.3, -0.25) is 5.10 Å². The summed E-state index contributed by atoms with van der Waals surface area (Å²) in [4.78, 5) is 16.1. The summed E-state index contributed by atoms with van der Waals surface area (Å²) in [6, 6.07) is 13.0. The molecule has 4 aromatic rings. The summed E-state index contributed by atoms with van der Waals surface area (Å²) >= 11 is 6.62. The van der Waals surface area contributed by atoms with Gasteiger partial charge in [-0.25, -0.2) is 9.98 Å². The fourth-order valence-electron chi connectivity index (χ4n) is 5.26. The van der Waals surface area contributed by atoms with Gasteiger partial charge in [-0.2, -0.15) is 18.3 Å². The van der Waals surface area contributed by atoms with E-state index >= 15 is 0 Å². The van der Waals surface area contributed by atoms with Crippen molar-refractivity contribution in [3.05, 3.63) is 82.4 Å². The largest absolute Gasteiger partial charge is 0.470 e. The van der Waals surface area contributed by atoms with Gasteiger partial charge in [0, 0.05) is 72.2 Å². The number of benzene rings is 2. The Kier molecular flexibility index (Phi) is 8.26. The van der Waals surface area contributed by atoms with Gasteiger partial charge in [0.25, 0.3) is 0 Å². The molecule has 2 aromatic heterocycles. The SMILES string of the molecule is C=N/C(=C\C(=N/COc1ccc2[nH]c(C)cc2c1Cl)N1CCN(c2cccc(C(F)(F)F)c2)CC1)Nc1cc(C2CC2)[nH]n1. The first-order valence-corrected chi connectivity index (χ1v) is 14.7. The number of alkyl halides is 3. The molecule has 2 aliphatic rings. The van der Waals surface area contributed by atoms with E-state index in [1.807, 2.05) is 34.9 Å². The molecule has 0 unspecified atom stereocenters. The third-order valence-electron chi connectivity index (χ3n) is 7.73.